The van der Waals surface area contributed by atoms with Crippen molar-refractivity contribution >= 4 is 26.8 Å². The molecule has 0 bridgehead atoms. The molecule has 0 saturated carbocycles. The molecule has 0 unspecified atom stereocenters. The Morgan fingerprint density at radius 2 is 2.06 bits per heavy atom. The third-order valence-electron chi connectivity index (χ3n) is 2.64. The number of sulfonamides is 1. The van der Waals surface area contributed by atoms with E-state index in [9.17, 15) is 13.2 Å². The molecule has 0 spiro atoms. The molecule has 2 rings (SSSR count). The number of fused-ring (bicyclic) bond motifs is 1. The molecule has 1 N–H and O–H groups in total. The van der Waals surface area contributed by atoms with Gasteiger partial charge in [-0.25, -0.2) is 13.2 Å². The molecule has 0 amide bonds. The fourth-order valence-electron chi connectivity index (χ4n) is 1.68. The lowest BCUT2D eigenvalue weighted by molar-refractivity contribution is 0.513. The van der Waals surface area contributed by atoms with Crippen LogP contribution < -0.4 is 10.5 Å². The van der Waals surface area contributed by atoms with Crippen LogP contribution in [0.1, 0.15) is 13.8 Å². The number of benzene rings is 1. The molecule has 1 aromatic heterocycles. The average Bonchev–Trinajstić information content (AvgIpc) is 2.63. The van der Waals surface area contributed by atoms with Gasteiger partial charge in [0.15, 0.2) is 5.58 Å². The van der Waals surface area contributed by atoms with Gasteiger partial charge in [0.05, 0.1) is 17.0 Å². The number of nitrogens with zero attached hydrogens (tertiary/aromatic N) is 1. The summed E-state index contributed by atoms with van der Waals surface area (Å²) in [6.07, 6.45) is 0. The zero-order valence-corrected chi connectivity index (χ0v) is 11.0. The molecule has 0 fully saturated rings. The van der Waals surface area contributed by atoms with Crippen molar-refractivity contribution in [3.63, 3.8) is 0 Å². The maximum atomic E-state index is 11.5. The van der Waals surface area contributed by atoms with Gasteiger partial charge in [0.2, 0.25) is 10.0 Å². The van der Waals surface area contributed by atoms with Gasteiger partial charge < -0.3 is 4.42 Å². The standard InChI is InChI=1S/C11H14N2O4S/c1-3-13-9-6-5-8(12-18(15,16)4-2)7-10(9)17-11(13)14/h5-7,12H,3-4H2,1-2H3. The lowest BCUT2D eigenvalue weighted by Crippen LogP contribution is -2.14. The normalized spacial score (nSPS) is 11.9. The molecule has 7 heteroatoms. The van der Waals surface area contributed by atoms with Crippen LogP contribution in [0, 0.1) is 0 Å². The minimum absolute atomic E-state index is 0.00897. The van der Waals surface area contributed by atoms with Crippen LogP contribution >= 0.6 is 0 Å². The van der Waals surface area contributed by atoms with E-state index >= 15 is 0 Å². The Morgan fingerprint density at radius 3 is 2.67 bits per heavy atom. The Hall–Kier alpha value is -1.76. The SMILES string of the molecule is CCn1c(=O)oc2cc(NS(=O)(=O)CC)ccc21. The highest BCUT2D eigenvalue weighted by Gasteiger charge is 2.11. The molecular formula is C11H14N2O4S. The van der Waals surface area contributed by atoms with E-state index in [1.165, 1.54) is 10.6 Å². The number of aryl methyl sites for hydroxylation is 1. The first-order valence-electron chi connectivity index (χ1n) is 5.60. The maximum absolute atomic E-state index is 11.5. The maximum Gasteiger partial charge on any atom is 0.419 e. The molecule has 0 aliphatic rings. The van der Waals surface area contributed by atoms with Crippen LogP contribution in [0.2, 0.25) is 0 Å². The number of anilines is 1. The van der Waals surface area contributed by atoms with Crippen LogP contribution in [-0.4, -0.2) is 18.7 Å². The van der Waals surface area contributed by atoms with E-state index in [0.717, 1.165) is 0 Å². The lowest BCUT2D eigenvalue weighted by Gasteiger charge is -2.05. The zero-order valence-electron chi connectivity index (χ0n) is 10.1. The highest BCUT2D eigenvalue weighted by molar-refractivity contribution is 7.92. The quantitative estimate of drug-likeness (QED) is 0.910. The van der Waals surface area contributed by atoms with Crippen LogP contribution in [-0.2, 0) is 16.6 Å². The summed E-state index contributed by atoms with van der Waals surface area (Å²) in [7, 11) is -3.33. The van der Waals surface area contributed by atoms with Gasteiger partial charge >= 0.3 is 5.76 Å². The first-order chi connectivity index (χ1) is 8.46. The number of oxazole rings is 1. The van der Waals surface area contributed by atoms with Crippen molar-refractivity contribution in [1.29, 1.82) is 0 Å². The monoisotopic (exact) mass is 270 g/mol. The largest absolute Gasteiger partial charge is 0.419 e. The summed E-state index contributed by atoms with van der Waals surface area (Å²) in [5, 5.41) is 0. The summed E-state index contributed by atoms with van der Waals surface area (Å²) in [4.78, 5) is 11.5. The average molecular weight is 270 g/mol. The summed E-state index contributed by atoms with van der Waals surface area (Å²) < 4.78 is 31.8. The van der Waals surface area contributed by atoms with Crippen molar-refractivity contribution in [2.24, 2.45) is 0 Å². The van der Waals surface area contributed by atoms with Crippen molar-refractivity contribution < 1.29 is 12.8 Å². The van der Waals surface area contributed by atoms with E-state index < -0.39 is 15.8 Å². The molecular weight excluding hydrogens is 256 g/mol. The Balaban J connectivity index is 2.49. The predicted molar refractivity (Wildman–Crippen MR) is 69.2 cm³/mol. The molecule has 2 aromatic rings. The van der Waals surface area contributed by atoms with Gasteiger partial charge in [0.1, 0.15) is 0 Å². The van der Waals surface area contributed by atoms with Crippen molar-refractivity contribution in [2.45, 2.75) is 20.4 Å². The van der Waals surface area contributed by atoms with E-state index in [-0.39, 0.29) is 5.75 Å². The van der Waals surface area contributed by atoms with Gasteiger partial charge in [-0.15, -0.1) is 0 Å². The van der Waals surface area contributed by atoms with Crippen molar-refractivity contribution in [2.75, 3.05) is 10.5 Å². The number of rotatable bonds is 4. The topological polar surface area (TPSA) is 81.3 Å². The van der Waals surface area contributed by atoms with Crippen LogP contribution in [0.4, 0.5) is 5.69 Å². The van der Waals surface area contributed by atoms with Crippen LogP contribution in [0.3, 0.4) is 0 Å². The molecule has 1 heterocycles. The fourth-order valence-corrected chi connectivity index (χ4v) is 2.31. The zero-order chi connectivity index (χ0) is 13.3. The predicted octanol–water partition coefficient (Wildman–Crippen LogP) is 1.38. The molecule has 6 nitrogen and oxygen atoms in total. The Kier molecular flexibility index (Phi) is 3.16. The molecule has 0 saturated heterocycles. The highest BCUT2D eigenvalue weighted by atomic mass is 32.2. The fraction of sp³-hybridized carbons (Fsp3) is 0.364. The Bertz CT molecular complexity index is 727. The summed E-state index contributed by atoms with van der Waals surface area (Å²) >= 11 is 0. The van der Waals surface area contributed by atoms with E-state index in [1.54, 1.807) is 19.1 Å². The summed E-state index contributed by atoms with van der Waals surface area (Å²) in [5.41, 5.74) is 1.42. The van der Waals surface area contributed by atoms with Crippen molar-refractivity contribution in [3.8, 4) is 0 Å². The Labute approximate surface area is 104 Å². The summed E-state index contributed by atoms with van der Waals surface area (Å²) in [6, 6.07) is 4.78. The first-order valence-corrected chi connectivity index (χ1v) is 7.26. The third-order valence-corrected chi connectivity index (χ3v) is 3.94. The third kappa shape index (κ3) is 2.26. The number of hydrogen-bond acceptors (Lipinski definition) is 4. The molecule has 0 radical (unpaired) electrons. The van der Waals surface area contributed by atoms with E-state index in [0.29, 0.717) is 23.3 Å². The first kappa shape index (κ1) is 12.7. The molecule has 0 atom stereocenters. The summed E-state index contributed by atoms with van der Waals surface area (Å²) in [5.74, 6) is -0.451. The van der Waals surface area contributed by atoms with E-state index in [1.807, 2.05) is 6.92 Å². The number of nitrogens with one attached hydrogen (secondary N) is 1. The van der Waals surface area contributed by atoms with Gasteiger partial charge in [0.25, 0.3) is 0 Å². The molecule has 0 aliphatic heterocycles. The molecule has 18 heavy (non-hydrogen) atoms. The van der Waals surface area contributed by atoms with Gasteiger partial charge in [-0.3, -0.25) is 9.29 Å². The second-order valence-electron chi connectivity index (χ2n) is 3.80. The van der Waals surface area contributed by atoms with Crippen molar-refractivity contribution in [3.05, 3.63) is 28.7 Å². The van der Waals surface area contributed by atoms with Crippen molar-refractivity contribution in [1.82, 2.24) is 4.57 Å². The lowest BCUT2D eigenvalue weighted by atomic mass is 10.3. The molecule has 98 valence electrons. The number of aromatic nitrogens is 1. The van der Waals surface area contributed by atoms with E-state index in [2.05, 4.69) is 4.72 Å². The minimum atomic E-state index is -3.33. The Morgan fingerprint density at radius 1 is 1.33 bits per heavy atom. The smallest absolute Gasteiger partial charge is 0.408 e. The van der Waals surface area contributed by atoms with Crippen LogP contribution in [0.25, 0.3) is 11.1 Å². The van der Waals surface area contributed by atoms with Crippen LogP contribution in [0.15, 0.2) is 27.4 Å². The number of hydrogen-bond donors (Lipinski definition) is 1. The molecule has 1 aromatic carbocycles. The summed E-state index contributed by atoms with van der Waals surface area (Å²) in [6.45, 7) is 3.89. The van der Waals surface area contributed by atoms with Gasteiger partial charge in [0, 0.05) is 12.6 Å². The van der Waals surface area contributed by atoms with Gasteiger partial charge in [-0.05, 0) is 26.0 Å². The second kappa shape index (κ2) is 4.49. The second-order valence-corrected chi connectivity index (χ2v) is 5.81. The highest BCUT2D eigenvalue weighted by Crippen LogP contribution is 2.19. The van der Waals surface area contributed by atoms with Crippen LogP contribution in [0.5, 0.6) is 0 Å². The van der Waals surface area contributed by atoms with E-state index in [4.69, 9.17) is 4.42 Å². The minimum Gasteiger partial charge on any atom is -0.408 e. The van der Waals surface area contributed by atoms with Gasteiger partial charge in [-0.1, -0.05) is 0 Å². The molecule has 0 aliphatic carbocycles. The van der Waals surface area contributed by atoms with Gasteiger partial charge in [-0.2, -0.15) is 0 Å².